The molecule has 0 saturated carbocycles. The Kier molecular flexibility index (Phi) is 2.22. The summed E-state index contributed by atoms with van der Waals surface area (Å²) in [6, 6.07) is 5.43. The van der Waals surface area contributed by atoms with Gasteiger partial charge < -0.3 is 4.42 Å². The average molecular weight is 257 g/mol. The normalized spacial score (nSPS) is 10.6. The minimum absolute atomic E-state index is 0.0359. The van der Waals surface area contributed by atoms with E-state index in [4.69, 9.17) is 4.42 Å². The molecule has 1 heterocycles. The van der Waals surface area contributed by atoms with E-state index >= 15 is 0 Å². The number of rotatable bonds is 0. The fourth-order valence-corrected chi connectivity index (χ4v) is 1.68. The Morgan fingerprint density at radius 1 is 1.38 bits per heavy atom. The van der Waals surface area contributed by atoms with Crippen molar-refractivity contribution in [1.29, 1.82) is 0 Å². The lowest BCUT2D eigenvalue weighted by atomic mass is 10.2. The number of hydrogen-bond donors (Lipinski definition) is 0. The van der Waals surface area contributed by atoms with Crippen molar-refractivity contribution in [2.24, 2.45) is 0 Å². The first kappa shape index (κ1) is 8.92. The summed E-state index contributed by atoms with van der Waals surface area (Å²) < 4.78 is 5.70. The molecule has 0 aliphatic heterocycles. The van der Waals surface area contributed by atoms with Gasteiger partial charge in [0.1, 0.15) is 16.3 Å². The second kappa shape index (κ2) is 3.24. The van der Waals surface area contributed by atoms with Crippen molar-refractivity contribution < 1.29 is 4.42 Å². The Labute approximate surface area is 85.3 Å². The Balaban J connectivity index is 2.95. The van der Waals surface area contributed by atoms with Crippen LogP contribution in [0.5, 0.6) is 0 Å². The van der Waals surface area contributed by atoms with E-state index in [0.29, 0.717) is 15.4 Å². The monoisotopic (exact) mass is 256 g/mol. The molecule has 0 amide bonds. The maximum absolute atomic E-state index is 11.5. The number of benzene rings is 1. The van der Waals surface area contributed by atoms with Gasteiger partial charge in [0.25, 0.3) is 0 Å². The lowest BCUT2D eigenvalue weighted by Crippen LogP contribution is -2.03. The molecular formula is C9H6BrO2P. The lowest BCUT2D eigenvalue weighted by Gasteiger charge is -1.97. The van der Waals surface area contributed by atoms with Gasteiger partial charge >= 0.3 is 0 Å². The highest BCUT2D eigenvalue weighted by molar-refractivity contribution is 9.10. The van der Waals surface area contributed by atoms with Crippen LogP contribution in [-0.4, -0.2) is 0 Å². The zero-order chi connectivity index (χ0) is 9.42. The molecule has 0 fully saturated rings. The van der Waals surface area contributed by atoms with Crippen molar-refractivity contribution in [3.05, 3.63) is 39.2 Å². The maximum Gasteiger partial charge on any atom is 0.206 e. The maximum atomic E-state index is 11.5. The van der Waals surface area contributed by atoms with Crippen LogP contribution in [0.4, 0.5) is 0 Å². The second-order valence-corrected chi connectivity index (χ2v) is 4.19. The van der Waals surface area contributed by atoms with Crippen LogP contribution in [0.1, 0.15) is 0 Å². The van der Waals surface area contributed by atoms with E-state index in [2.05, 4.69) is 25.2 Å². The predicted octanol–water partition coefficient (Wildman–Crippen LogP) is 2.06. The summed E-state index contributed by atoms with van der Waals surface area (Å²) in [5.41, 5.74) is 0.576. The van der Waals surface area contributed by atoms with Crippen molar-refractivity contribution in [3.63, 3.8) is 0 Å². The fraction of sp³-hybridized carbons (Fsp3) is 0. The van der Waals surface area contributed by atoms with E-state index in [-0.39, 0.29) is 5.43 Å². The molecule has 2 rings (SSSR count). The third-order valence-electron chi connectivity index (χ3n) is 1.76. The van der Waals surface area contributed by atoms with Crippen molar-refractivity contribution in [3.8, 4) is 0 Å². The number of hydrogen-bond acceptors (Lipinski definition) is 2. The molecule has 4 heteroatoms. The van der Waals surface area contributed by atoms with Crippen LogP contribution in [0.3, 0.4) is 0 Å². The van der Waals surface area contributed by atoms with Crippen LogP contribution in [0, 0.1) is 0 Å². The number of halogens is 1. The Morgan fingerprint density at radius 3 is 2.92 bits per heavy atom. The van der Waals surface area contributed by atoms with Gasteiger partial charge in [-0.2, -0.15) is 0 Å². The highest BCUT2D eigenvalue weighted by Crippen LogP contribution is 2.13. The molecular weight excluding hydrogens is 251 g/mol. The van der Waals surface area contributed by atoms with E-state index in [1.165, 1.54) is 6.26 Å². The van der Waals surface area contributed by atoms with E-state index in [9.17, 15) is 4.79 Å². The summed E-state index contributed by atoms with van der Waals surface area (Å²) in [6.07, 6.45) is 1.41. The van der Waals surface area contributed by atoms with Crippen molar-refractivity contribution in [1.82, 2.24) is 0 Å². The van der Waals surface area contributed by atoms with Gasteiger partial charge in [0.15, 0.2) is 0 Å². The molecule has 0 aliphatic rings. The topological polar surface area (TPSA) is 30.2 Å². The largest absolute Gasteiger partial charge is 0.463 e. The third-order valence-corrected chi connectivity index (χ3v) is 2.66. The van der Waals surface area contributed by atoms with Crippen molar-refractivity contribution >= 4 is 41.4 Å². The zero-order valence-electron chi connectivity index (χ0n) is 6.58. The SMILES string of the molecule is O=c1c(Br)coc2cc(P)ccc12. The number of fused-ring (bicyclic) bond motifs is 1. The Bertz CT molecular complexity index is 518. The van der Waals surface area contributed by atoms with Crippen LogP contribution in [0.2, 0.25) is 0 Å². The van der Waals surface area contributed by atoms with Gasteiger partial charge in [0.05, 0.1) is 5.39 Å². The van der Waals surface area contributed by atoms with Gasteiger partial charge in [-0.25, -0.2) is 0 Å². The first-order valence-corrected chi connectivity index (χ1v) is 5.02. The van der Waals surface area contributed by atoms with Crippen LogP contribution in [0.25, 0.3) is 11.0 Å². The highest BCUT2D eigenvalue weighted by Gasteiger charge is 2.03. The molecule has 0 aliphatic carbocycles. The summed E-state index contributed by atoms with van der Waals surface area (Å²) in [4.78, 5) is 11.5. The predicted molar refractivity (Wildman–Crippen MR) is 59.5 cm³/mol. The minimum Gasteiger partial charge on any atom is -0.463 e. The summed E-state index contributed by atoms with van der Waals surface area (Å²) in [6.45, 7) is 0. The van der Waals surface area contributed by atoms with Crippen LogP contribution < -0.4 is 10.7 Å². The molecule has 66 valence electrons. The van der Waals surface area contributed by atoms with E-state index in [1.54, 1.807) is 6.07 Å². The van der Waals surface area contributed by atoms with Crippen molar-refractivity contribution in [2.45, 2.75) is 0 Å². The molecule has 1 atom stereocenters. The lowest BCUT2D eigenvalue weighted by molar-refractivity contribution is 0.599. The van der Waals surface area contributed by atoms with E-state index in [1.807, 2.05) is 12.1 Å². The molecule has 2 nitrogen and oxygen atoms in total. The molecule has 13 heavy (non-hydrogen) atoms. The van der Waals surface area contributed by atoms with Gasteiger partial charge in [-0.3, -0.25) is 4.79 Å². The standard InChI is InChI=1S/C9H6BrO2P/c10-7-4-12-8-3-5(13)1-2-6(8)9(7)11/h1-4H,13H2. The molecule has 0 N–H and O–H groups in total. The second-order valence-electron chi connectivity index (χ2n) is 2.67. The quantitative estimate of drug-likeness (QED) is 0.676. The van der Waals surface area contributed by atoms with Gasteiger partial charge in [0, 0.05) is 0 Å². The molecule has 0 bridgehead atoms. The third kappa shape index (κ3) is 1.54. The zero-order valence-corrected chi connectivity index (χ0v) is 9.32. The Hall–Kier alpha value is -0.660. The summed E-state index contributed by atoms with van der Waals surface area (Å²) in [5.74, 6) is 0. The fourth-order valence-electron chi connectivity index (χ4n) is 1.12. The van der Waals surface area contributed by atoms with E-state index < -0.39 is 0 Å². The molecule has 2 aromatic rings. The van der Waals surface area contributed by atoms with Crippen LogP contribution in [-0.2, 0) is 0 Å². The summed E-state index contributed by atoms with van der Waals surface area (Å²) in [7, 11) is 2.56. The molecule has 0 spiro atoms. The van der Waals surface area contributed by atoms with E-state index in [0.717, 1.165) is 5.30 Å². The summed E-state index contributed by atoms with van der Waals surface area (Å²) >= 11 is 3.12. The van der Waals surface area contributed by atoms with Gasteiger partial charge in [0.2, 0.25) is 5.43 Å². The molecule has 1 aromatic carbocycles. The molecule has 1 unspecified atom stereocenters. The minimum atomic E-state index is -0.0359. The Morgan fingerprint density at radius 2 is 2.15 bits per heavy atom. The average Bonchev–Trinajstić information content (AvgIpc) is 2.12. The first-order valence-electron chi connectivity index (χ1n) is 3.65. The van der Waals surface area contributed by atoms with Gasteiger partial charge in [-0.05, 0) is 33.4 Å². The highest BCUT2D eigenvalue weighted by atomic mass is 79.9. The smallest absolute Gasteiger partial charge is 0.206 e. The van der Waals surface area contributed by atoms with Crippen LogP contribution in [0.15, 0.2) is 38.1 Å². The first-order chi connectivity index (χ1) is 6.18. The summed E-state index contributed by atoms with van der Waals surface area (Å²) in [5, 5.41) is 1.60. The van der Waals surface area contributed by atoms with Crippen molar-refractivity contribution in [2.75, 3.05) is 0 Å². The van der Waals surface area contributed by atoms with Gasteiger partial charge in [-0.15, -0.1) is 9.24 Å². The molecule has 1 aromatic heterocycles. The molecule has 0 saturated heterocycles. The van der Waals surface area contributed by atoms with Gasteiger partial charge in [-0.1, -0.05) is 6.07 Å². The van der Waals surface area contributed by atoms with Crippen LogP contribution >= 0.6 is 25.2 Å². The molecule has 0 radical (unpaired) electrons.